The highest BCUT2D eigenvalue weighted by molar-refractivity contribution is 6.18. The van der Waals surface area contributed by atoms with Crippen LogP contribution in [0.3, 0.4) is 0 Å². The second-order valence-corrected chi connectivity index (χ2v) is 3.21. The summed E-state index contributed by atoms with van der Waals surface area (Å²) >= 11 is 5.65. The first-order chi connectivity index (χ1) is 4.72. The van der Waals surface area contributed by atoms with Gasteiger partial charge in [-0.2, -0.15) is 0 Å². The zero-order valence-corrected chi connectivity index (χ0v) is 6.90. The highest BCUT2D eigenvalue weighted by Crippen LogP contribution is 2.30. The van der Waals surface area contributed by atoms with Crippen LogP contribution in [0, 0.1) is 0 Å². The van der Waals surface area contributed by atoms with E-state index in [1.807, 2.05) is 6.92 Å². The third-order valence-electron chi connectivity index (χ3n) is 1.99. The lowest BCUT2D eigenvalue weighted by Gasteiger charge is -2.23. The van der Waals surface area contributed by atoms with E-state index in [0.29, 0.717) is 5.88 Å². The Kier molecular flexibility index (Phi) is 2.55. The van der Waals surface area contributed by atoms with Crippen LogP contribution in [0.5, 0.6) is 0 Å². The van der Waals surface area contributed by atoms with Crippen LogP contribution >= 0.6 is 11.6 Å². The van der Waals surface area contributed by atoms with Crippen LogP contribution < -0.4 is 0 Å². The zero-order chi connectivity index (χ0) is 7.61. The Morgan fingerprint density at radius 1 is 1.80 bits per heavy atom. The van der Waals surface area contributed by atoms with Crippen molar-refractivity contribution < 1.29 is 9.84 Å². The minimum Gasteiger partial charge on any atom is -0.393 e. The maximum atomic E-state index is 8.92. The summed E-state index contributed by atoms with van der Waals surface area (Å²) in [5.74, 6) is 0.397. The summed E-state index contributed by atoms with van der Waals surface area (Å²) in [6, 6.07) is 0. The summed E-state index contributed by atoms with van der Waals surface area (Å²) in [6.07, 6.45) is 2.15. The Morgan fingerprint density at radius 3 is 2.70 bits per heavy atom. The van der Waals surface area contributed by atoms with Crippen molar-refractivity contribution in [1.82, 2.24) is 0 Å². The maximum Gasteiger partial charge on any atom is 0.105 e. The minimum absolute atomic E-state index is 0.0425. The minimum atomic E-state index is -0.430. The van der Waals surface area contributed by atoms with E-state index in [9.17, 15) is 0 Å². The molecule has 1 saturated heterocycles. The first kappa shape index (κ1) is 8.31. The molecule has 0 aromatic carbocycles. The van der Waals surface area contributed by atoms with Gasteiger partial charge in [-0.3, -0.25) is 0 Å². The summed E-state index contributed by atoms with van der Waals surface area (Å²) < 4.78 is 5.47. The fraction of sp³-hybridized carbons (Fsp3) is 1.00. The molecule has 1 unspecified atom stereocenters. The molecule has 2 nitrogen and oxygen atoms in total. The molecule has 1 fully saturated rings. The molecular weight excluding hydrogens is 152 g/mol. The fourth-order valence-electron chi connectivity index (χ4n) is 1.27. The standard InChI is InChI=1S/C7H13ClO2/c1-6-2-3-7(4-8,5-9)10-6/h6,9H,2-5H2,1H3/t6?,7-/m1/s1. The van der Waals surface area contributed by atoms with Gasteiger partial charge in [0.25, 0.3) is 0 Å². The van der Waals surface area contributed by atoms with Crippen LogP contribution in [0.4, 0.5) is 0 Å². The van der Waals surface area contributed by atoms with Gasteiger partial charge >= 0.3 is 0 Å². The van der Waals surface area contributed by atoms with Gasteiger partial charge in [0.1, 0.15) is 5.60 Å². The molecule has 0 spiro atoms. The molecule has 1 aliphatic heterocycles. The number of alkyl halides is 1. The topological polar surface area (TPSA) is 29.5 Å². The number of hydrogen-bond acceptors (Lipinski definition) is 2. The van der Waals surface area contributed by atoms with Crippen molar-refractivity contribution in [2.45, 2.75) is 31.5 Å². The molecule has 2 atom stereocenters. The molecule has 1 N–H and O–H groups in total. The van der Waals surface area contributed by atoms with Crippen LogP contribution in [0.2, 0.25) is 0 Å². The molecule has 0 aromatic rings. The average molecular weight is 165 g/mol. The van der Waals surface area contributed by atoms with Gasteiger partial charge in [-0.15, -0.1) is 11.6 Å². The van der Waals surface area contributed by atoms with Crippen LogP contribution in [0.1, 0.15) is 19.8 Å². The molecule has 0 aliphatic carbocycles. The van der Waals surface area contributed by atoms with Gasteiger partial charge in [0, 0.05) is 0 Å². The molecule has 1 rings (SSSR count). The highest BCUT2D eigenvalue weighted by Gasteiger charge is 2.37. The average Bonchev–Trinajstić information content (AvgIpc) is 2.33. The summed E-state index contributed by atoms with van der Waals surface area (Å²) in [4.78, 5) is 0. The van der Waals surface area contributed by atoms with Gasteiger partial charge in [-0.1, -0.05) is 0 Å². The number of aliphatic hydroxyl groups is 1. The van der Waals surface area contributed by atoms with Gasteiger partial charge < -0.3 is 9.84 Å². The van der Waals surface area contributed by atoms with Crippen LogP contribution in [0.15, 0.2) is 0 Å². The summed E-state index contributed by atoms with van der Waals surface area (Å²) in [5, 5.41) is 8.92. The molecule has 0 aromatic heterocycles. The number of ether oxygens (including phenoxy) is 1. The van der Waals surface area contributed by atoms with Crippen LogP contribution in [0.25, 0.3) is 0 Å². The van der Waals surface area contributed by atoms with Crippen molar-refractivity contribution in [2.24, 2.45) is 0 Å². The number of aliphatic hydroxyl groups excluding tert-OH is 1. The Labute approximate surface area is 66.1 Å². The van der Waals surface area contributed by atoms with Gasteiger partial charge in [-0.25, -0.2) is 0 Å². The van der Waals surface area contributed by atoms with E-state index in [0.717, 1.165) is 12.8 Å². The lowest BCUT2D eigenvalue weighted by molar-refractivity contribution is -0.0519. The zero-order valence-electron chi connectivity index (χ0n) is 6.14. The molecule has 3 heteroatoms. The third kappa shape index (κ3) is 1.44. The molecule has 0 amide bonds. The molecule has 0 radical (unpaired) electrons. The van der Waals surface area contributed by atoms with E-state index in [-0.39, 0.29) is 12.7 Å². The highest BCUT2D eigenvalue weighted by atomic mass is 35.5. The SMILES string of the molecule is CC1CC[C@](CO)(CCl)O1. The van der Waals surface area contributed by atoms with Crippen molar-refractivity contribution in [1.29, 1.82) is 0 Å². The second-order valence-electron chi connectivity index (χ2n) is 2.94. The quantitative estimate of drug-likeness (QED) is 0.621. The van der Waals surface area contributed by atoms with Gasteiger partial charge in [0.15, 0.2) is 0 Å². The normalized spacial score (nSPS) is 40.5. The summed E-state index contributed by atoms with van der Waals surface area (Å²) in [5.41, 5.74) is -0.430. The largest absolute Gasteiger partial charge is 0.393 e. The first-order valence-corrected chi connectivity index (χ1v) is 4.10. The number of halogens is 1. The van der Waals surface area contributed by atoms with Crippen molar-refractivity contribution in [2.75, 3.05) is 12.5 Å². The molecule has 1 aliphatic rings. The molecule has 1 heterocycles. The van der Waals surface area contributed by atoms with Crippen molar-refractivity contribution in [3.63, 3.8) is 0 Å². The Balaban J connectivity index is 2.51. The molecule has 0 bridgehead atoms. The molecule has 0 saturated carbocycles. The lowest BCUT2D eigenvalue weighted by Crippen LogP contribution is -2.35. The van der Waals surface area contributed by atoms with E-state index in [2.05, 4.69) is 0 Å². The van der Waals surface area contributed by atoms with E-state index in [1.54, 1.807) is 0 Å². The molecule has 60 valence electrons. The van der Waals surface area contributed by atoms with E-state index < -0.39 is 5.60 Å². The van der Waals surface area contributed by atoms with E-state index in [1.165, 1.54) is 0 Å². The van der Waals surface area contributed by atoms with E-state index in [4.69, 9.17) is 21.4 Å². The first-order valence-electron chi connectivity index (χ1n) is 3.57. The second kappa shape index (κ2) is 3.07. The summed E-state index contributed by atoms with van der Waals surface area (Å²) in [6.45, 7) is 2.05. The lowest BCUT2D eigenvalue weighted by atomic mass is 10.0. The van der Waals surface area contributed by atoms with Crippen molar-refractivity contribution in [3.05, 3.63) is 0 Å². The van der Waals surface area contributed by atoms with Gasteiger partial charge in [0.2, 0.25) is 0 Å². The predicted molar refractivity (Wildman–Crippen MR) is 40.3 cm³/mol. The van der Waals surface area contributed by atoms with Gasteiger partial charge in [0.05, 0.1) is 18.6 Å². The smallest absolute Gasteiger partial charge is 0.105 e. The van der Waals surface area contributed by atoms with Crippen molar-refractivity contribution in [3.8, 4) is 0 Å². The molecule has 10 heavy (non-hydrogen) atoms. The van der Waals surface area contributed by atoms with Gasteiger partial charge in [-0.05, 0) is 19.8 Å². The number of hydrogen-bond donors (Lipinski definition) is 1. The Bertz CT molecular complexity index is 112. The van der Waals surface area contributed by atoms with Crippen LogP contribution in [-0.4, -0.2) is 29.3 Å². The Morgan fingerprint density at radius 2 is 2.50 bits per heavy atom. The number of rotatable bonds is 2. The van der Waals surface area contributed by atoms with E-state index >= 15 is 0 Å². The maximum absolute atomic E-state index is 8.92. The monoisotopic (exact) mass is 164 g/mol. The summed E-state index contributed by atoms with van der Waals surface area (Å²) in [7, 11) is 0. The fourth-order valence-corrected chi connectivity index (χ4v) is 1.55. The predicted octanol–water partition coefficient (Wildman–Crippen LogP) is 1.16. The molecular formula is C7H13ClO2. The van der Waals surface area contributed by atoms with Crippen molar-refractivity contribution >= 4 is 11.6 Å². The van der Waals surface area contributed by atoms with Crippen LogP contribution in [-0.2, 0) is 4.74 Å². The Hall–Kier alpha value is 0.210. The third-order valence-corrected chi connectivity index (χ3v) is 2.48.